The van der Waals surface area contributed by atoms with Gasteiger partial charge in [0, 0.05) is 5.56 Å². The van der Waals surface area contributed by atoms with Crippen molar-refractivity contribution >= 4 is 17.6 Å². The van der Waals surface area contributed by atoms with Gasteiger partial charge in [0.2, 0.25) is 0 Å². The molecule has 1 unspecified atom stereocenters. The van der Waals surface area contributed by atoms with Crippen LogP contribution in [0.4, 0.5) is 4.39 Å². The maximum absolute atomic E-state index is 13.4. The van der Waals surface area contributed by atoms with Gasteiger partial charge in [0.25, 0.3) is 0 Å². The molecule has 1 aromatic carbocycles. The molecule has 2 rings (SSSR count). The fourth-order valence-electron chi connectivity index (χ4n) is 1.65. The van der Waals surface area contributed by atoms with Gasteiger partial charge in [0.1, 0.15) is 5.82 Å². The first kappa shape index (κ1) is 13.4. The zero-order chi connectivity index (χ0) is 14.0. The number of rotatable bonds is 4. The SMILES string of the molecule is CC(CC(=O)O)n1nnnc1-c1ccc(Cl)c(F)c1. The number of benzene rings is 1. The molecule has 0 fully saturated rings. The zero-order valence-corrected chi connectivity index (χ0v) is 10.7. The van der Waals surface area contributed by atoms with Crippen molar-refractivity contribution in [1.82, 2.24) is 20.2 Å². The van der Waals surface area contributed by atoms with Crippen LogP contribution in [0, 0.1) is 5.82 Å². The third-order valence-electron chi connectivity index (χ3n) is 2.56. The number of carbonyl (C=O) groups is 1. The highest BCUT2D eigenvalue weighted by Gasteiger charge is 2.17. The second-order valence-corrected chi connectivity index (χ2v) is 4.43. The molecule has 0 saturated heterocycles. The average molecular weight is 285 g/mol. The molecule has 0 amide bonds. The summed E-state index contributed by atoms with van der Waals surface area (Å²) in [5.41, 5.74) is 0.434. The lowest BCUT2D eigenvalue weighted by molar-refractivity contribution is -0.137. The number of hydrogen-bond acceptors (Lipinski definition) is 4. The first-order chi connectivity index (χ1) is 8.99. The molecule has 6 nitrogen and oxygen atoms in total. The van der Waals surface area contributed by atoms with Gasteiger partial charge in [-0.25, -0.2) is 9.07 Å². The molecule has 0 saturated carbocycles. The van der Waals surface area contributed by atoms with E-state index in [0.29, 0.717) is 11.4 Å². The molecule has 0 spiro atoms. The van der Waals surface area contributed by atoms with E-state index in [9.17, 15) is 9.18 Å². The van der Waals surface area contributed by atoms with E-state index in [-0.39, 0.29) is 11.4 Å². The number of carboxylic acids is 1. The van der Waals surface area contributed by atoms with Crippen LogP contribution in [0.5, 0.6) is 0 Å². The summed E-state index contributed by atoms with van der Waals surface area (Å²) in [6.45, 7) is 1.67. The van der Waals surface area contributed by atoms with Crippen LogP contribution in [-0.4, -0.2) is 31.3 Å². The molecular formula is C11H10ClFN4O2. The van der Waals surface area contributed by atoms with Gasteiger partial charge in [-0.05, 0) is 35.5 Å². The van der Waals surface area contributed by atoms with E-state index in [1.54, 1.807) is 13.0 Å². The van der Waals surface area contributed by atoms with Crippen LogP contribution in [0.1, 0.15) is 19.4 Å². The average Bonchev–Trinajstić information content (AvgIpc) is 2.81. The molecule has 19 heavy (non-hydrogen) atoms. The Labute approximate surface area is 112 Å². The summed E-state index contributed by atoms with van der Waals surface area (Å²) >= 11 is 5.60. The first-order valence-electron chi connectivity index (χ1n) is 5.44. The smallest absolute Gasteiger partial charge is 0.305 e. The maximum Gasteiger partial charge on any atom is 0.305 e. The van der Waals surface area contributed by atoms with Gasteiger partial charge < -0.3 is 5.11 Å². The lowest BCUT2D eigenvalue weighted by Gasteiger charge is -2.11. The normalized spacial score (nSPS) is 12.4. The monoisotopic (exact) mass is 284 g/mol. The zero-order valence-electron chi connectivity index (χ0n) is 9.92. The summed E-state index contributed by atoms with van der Waals surface area (Å²) in [4.78, 5) is 10.7. The number of aliphatic carboxylic acids is 1. The van der Waals surface area contributed by atoms with Crippen molar-refractivity contribution in [3.63, 3.8) is 0 Å². The molecule has 0 aliphatic carbocycles. The highest BCUT2D eigenvalue weighted by Crippen LogP contribution is 2.24. The second kappa shape index (κ2) is 5.31. The van der Waals surface area contributed by atoms with Gasteiger partial charge in [-0.2, -0.15) is 0 Å². The fraction of sp³-hybridized carbons (Fsp3) is 0.273. The molecule has 8 heteroatoms. The number of carboxylic acid groups (broad SMARTS) is 1. The highest BCUT2D eigenvalue weighted by atomic mass is 35.5. The Morgan fingerprint density at radius 3 is 2.95 bits per heavy atom. The molecule has 1 aromatic heterocycles. The Hall–Kier alpha value is -2.02. The number of tetrazole rings is 1. The molecule has 0 radical (unpaired) electrons. The van der Waals surface area contributed by atoms with E-state index in [4.69, 9.17) is 16.7 Å². The molecule has 1 N–H and O–H groups in total. The summed E-state index contributed by atoms with van der Waals surface area (Å²) in [6, 6.07) is 3.73. The quantitative estimate of drug-likeness (QED) is 0.930. The van der Waals surface area contributed by atoms with E-state index >= 15 is 0 Å². The summed E-state index contributed by atoms with van der Waals surface area (Å²) in [7, 11) is 0. The Morgan fingerprint density at radius 1 is 1.58 bits per heavy atom. The van der Waals surface area contributed by atoms with Gasteiger partial charge in [-0.3, -0.25) is 4.79 Å². The molecule has 0 bridgehead atoms. The fourth-order valence-corrected chi connectivity index (χ4v) is 1.77. The minimum Gasteiger partial charge on any atom is -0.481 e. The highest BCUT2D eigenvalue weighted by molar-refractivity contribution is 6.30. The molecule has 1 heterocycles. The second-order valence-electron chi connectivity index (χ2n) is 4.02. The van der Waals surface area contributed by atoms with Crippen LogP contribution in [0.2, 0.25) is 5.02 Å². The Kier molecular flexibility index (Phi) is 3.75. The predicted molar refractivity (Wildman–Crippen MR) is 65.2 cm³/mol. The standard InChI is InChI=1S/C11H10ClFN4O2/c1-6(4-10(18)19)17-11(14-15-16-17)7-2-3-8(12)9(13)5-7/h2-3,5-6H,4H2,1H3,(H,18,19). The van der Waals surface area contributed by atoms with Crippen molar-refractivity contribution < 1.29 is 14.3 Å². The maximum atomic E-state index is 13.4. The van der Waals surface area contributed by atoms with Crippen LogP contribution in [0.25, 0.3) is 11.4 Å². The Balaban J connectivity index is 2.38. The van der Waals surface area contributed by atoms with Gasteiger partial charge in [0.15, 0.2) is 5.82 Å². The van der Waals surface area contributed by atoms with Crippen LogP contribution >= 0.6 is 11.6 Å². The number of nitrogens with zero attached hydrogens (tertiary/aromatic N) is 4. The molecular weight excluding hydrogens is 275 g/mol. The predicted octanol–water partition coefficient (Wildman–Crippen LogP) is 2.17. The molecule has 2 aromatic rings. The van der Waals surface area contributed by atoms with Gasteiger partial charge >= 0.3 is 5.97 Å². The molecule has 0 aliphatic heterocycles. The van der Waals surface area contributed by atoms with Crippen LogP contribution in [0.15, 0.2) is 18.2 Å². The van der Waals surface area contributed by atoms with Crippen molar-refractivity contribution in [2.75, 3.05) is 0 Å². The molecule has 0 aliphatic rings. The molecule has 1 atom stereocenters. The minimum atomic E-state index is -0.962. The number of hydrogen-bond donors (Lipinski definition) is 1. The Bertz CT molecular complexity index is 616. The van der Waals surface area contributed by atoms with Crippen molar-refractivity contribution in [3.05, 3.63) is 29.0 Å². The van der Waals surface area contributed by atoms with Gasteiger partial charge in [-0.15, -0.1) is 5.10 Å². The van der Waals surface area contributed by atoms with Gasteiger partial charge in [0.05, 0.1) is 17.5 Å². The van der Waals surface area contributed by atoms with E-state index in [1.807, 2.05) is 0 Å². The summed E-state index contributed by atoms with van der Waals surface area (Å²) in [6.07, 6.45) is -0.131. The van der Waals surface area contributed by atoms with Crippen molar-refractivity contribution in [3.8, 4) is 11.4 Å². The Morgan fingerprint density at radius 2 is 2.32 bits per heavy atom. The van der Waals surface area contributed by atoms with Crippen molar-refractivity contribution in [2.24, 2.45) is 0 Å². The first-order valence-corrected chi connectivity index (χ1v) is 5.82. The van der Waals surface area contributed by atoms with Crippen LogP contribution < -0.4 is 0 Å². The summed E-state index contributed by atoms with van der Waals surface area (Å²) in [5, 5.41) is 19.8. The summed E-state index contributed by atoms with van der Waals surface area (Å²) < 4.78 is 14.8. The van der Waals surface area contributed by atoms with Crippen LogP contribution in [-0.2, 0) is 4.79 Å². The van der Waals surface area contributed by atoms with E-state index in [1.165, 1.54) is 16.8 Å². The lowest BCUT2D eigenvalue weighted by atomic mass is 10.2. The largest absolute Gasteiger partial charge is 0.481 e. The summed E-state index contributed by atoms with van der Waals surface area (Å²) in [5.74, 6) is -1.25. The van der Waals surface area contributed by atoms with E-state index in [2.05, 4.69) is 15.5 Å². The third-order valence-corrected chi connectivity index (χ3v) is 2.86. The number of halogens is 2. The topological polar surface area (TPSA) is 80.9 Å². The van der Waals surface area contributed by atoms with E-state index in [0.717, 1.165) is 0 Å². The third kappa shape index (κ3) is 2.87. The molecule has 100 valence electrons. The van der Waals surface area contributed by atoms with Gasteiger partial charge in [-0.1, -0.05) is 11.6 Å². The number of aromatic nitrogens is 4. The van der Waals surface area contributed by atoms with Crippen molar-refractivity contribution in [1.29, 1.82) is 0 Å². The minimum absolute atomic E-state index is 0.00126. The lowest BCUT2D eigenvalue weighted by Crippen LogP contribution is -2.13. The van der Waals surface area contributed by atoms with Crippen LogP contribution in [0.3, 0.4) is 0 Å². The van der Waals surface area contributed by atoms with E-state index < -0.39 is 17.8 Å². The van der Waals surface area contributed by atoms with Crippen molar-refractivity contribution in [2.45, 2.75) is 19.4 Å².